The third-order valence-electron chi connectivity index (χ3n) is 2.84. The number of rotatable bonds is 3. The van der Waals surface area contributed by atoms with Gasteiger partial charge in [0.2, 0.25) is 5.95 Å². The fraction of sp³-hybridized carbons (Fsp3) is 0. The molecule has 0 aliphatic heterocycles. The summed E-state index contributed by atoms with van der Waals surface area (Å²) in [5, 5.41) is 3.10. The lowest BCUT2D eigenvalue weighted by atomic mass is 10.1. The van der Waals surface area contributed by atoms with Gasteiger partial charge in [0.1, 0.15) is 5.82 Å². The maximum atomic E-state index is 13.2. The lowest BCUT2D eigenvalue weighted by Gasteiger charge is -2.05. The third kappa shape index (κ3) is 2.80. The van der Waals surface area contributed by atoms with E-state index in [1.807, 2.05) is 36.4 Å². The molecule has 2 aromatic carbocycles. The molecule has 0 saturated carbocycles. The molecule has 1 aromatic heterocycles. The Morgan fingerprint density at radius 1 is 0.800 bits per heavy atom. The Hall–Kier alpha value is -2.75. The van der Waals surface area contributed by atoms with Gasteiger partial charge < -0.3 is 5.32 Å². The number of benzene rings is 2. The smallest absolute Gasteiger partial charge is 0.227 e. The number of hydrogen-bond acceptors (Lipinski definition) is 3. The number of nitrogens with one attached hydrogen (secondary N) is 1. The molecule has 98 valence electrons. The van der Waals surface area contributed by atoms with E-state index in [0.717, 1.165) is 16.8 Å². The monoisotopic (exact) mass is 265 g/mol. The summed E-state index contributed by atoms with van der Waals surface area (Å²) >= 11 is 0. The molecule has 0 aliphatic rings. The number of hydrogen-bond donors (Lipinski definition) is 1. The highest BCUT2D eigenvalue weighted by Crippen LogP contribution is 2.19. The average Bonchev–Trinajstić information content (AvgIpc) is 2.49. The van der Waals surface area contributed by atoms with Crippen molar-refractivity contribution in [2.75, 3.05) is 5.32 Å². The highest BCUT2D eigenvalue weighted by atomic mass is 19.1. The lowest BCUT2D eigenvalue weighted by molar-refractivity contribution is 0.628. The van der Waals surface area contributed by atoms with Crippen LogP contribution in [0.5, 0.6) is 0 Å². The number of nitrogens with zero attached hydrogens (tertiary/aromatic N) is 2. The number of anilines is 2. The summed E-state index contributed by atoms with van der Waals surface area (Å²) in [5.41, 5.74) is 2.46. The Labute approximate surface area is 116 Å². The summed E-state index contributed by atoms with van der Waals surface area (Å²) in [6.07, 6.45) is 3.35. The maximum absolute atomic E-state index is 13.2. The van der Waals surface area contributed by atoms with Crippen LogP contribution in [0.2, 0.25) is 0 Å². The third-order valence-corrected chi connectivity index (χ3v) is 2.84. The first-order chi connectivity index (χ1) is 9.81. The van der Waals surface area contributed by atoms with Crippen molar-refractivity contribution in [1.82, 2.24) is 9.97 Å². The topological polar surface area (TPSA) is 37.8 Å². The van der Waals surface area contributed by atoms with Gasteiger partial charge in [0.15, 0.2) is 0 Å². The molecule has 0 unspecified atom stereocenters. The minimum Gasteiger partial charge on any atom is -0.324 e. The lowest BCUT2D eigenvalue weighted by Crippen LogP contribution is -1.96. The second-order valence-corrected chi connectivity index (χ2v) is 4.30. The molecule has 1 N–H and O–H groups in total. The molecule has 0 saturated heterocycles. The van der Waals surface area contributed by atoms with Gasteiger partial charge in [0.05, 0.1) is 0 Å². The van der Waals surface area contributed by atoms with E-state index in [4.69, 9.17) is 0 Å². The first kappa shape index (κ1) is 12.3. The first-order valence-corrected chi connectivity index (χ1v) is 6.21. The van der Waals surface area contributed by atoms with Crippen LogP contribution in [-0.4, -0.2) is 9.97 Å². The van der Waals surface area contributed by atoms with Crippen LogP contribution in [0.1, 0.15) is 0 Å². The van der Waals surface area contributed by atoms with E-state index in [0.29, 0.717) is 5.95 Å². The SMILES string of the molecule is Fc1cccc(-c2cnc(Nc3ccccc3)nc2)c1. The summed E-state index contributed by atoms with van der Waals surface area (Å²) < 4.78 is 13.2. The van der Waals surface area contributed by atoms with Crippen LogP contribution in [0.4, 0.5) is 16.0 Å². The van der Waals surface area contributed by atoms with Crippen molar-refractivity contribution in [3.8, 4) is 11.1 Å². The summed E-state index contributed by atoms with van der Waals surface area (Å²) in [7, 11) is 0. The molecule has 0 radical (unpaired) electrons. The predicted molar refractivity (Wildman–Crippen MR) is 77.2 cm³/mol. The van der Waals surface area contributed by atoms with Crippen LogP contribution in [-0.2, 0) is 0 Å². The van der Waals surface area contributed by atoms with E-state index in [1.54, 1.807) is 18.5 Å². The summed E-state index contributed by atoms with van der Waals surface area (Å²) in [6.45, 7) is 0. The van der Waals surface area contributed by atoms with E-state index in [2.05, 4.69) is 15.3 Å². The van der Waals surface area contributed by atoms with Gasteiger partial charge in [0, 0.05) is 23.6 Å². The predicted octanol–water partition coefficient (Wildman–Crippen LogP) is 4.03. The quantitative estimate of drug-likeness (QED) is 0.777. The fourth-order valence-corrected chi connectivity index (χ4v) is 1.86. The Kier molecular flexibility index (Phi) is 3.37. The van der Waals surface area contributed by atoms with Crippen LogP contribution in [0.25, 0.3) is 11.1 Å². The van der Waals surface area contributed by atoms with Crippen LogP contribution in [0, 0.1) is 5.82 Å². The molecule has 0 fully saturated rings. The van der Waals surface area contributed by atoms with Gasteiger partial charge >= 0.3 is 0 Å². The number of halogens is 1. The minimum absolute atomic E-state index is 0.269. The minimum atomic E-state index is -0.269. The Bertz CT molecular complexity index is 696. The fourth-order valence-electron chi connectivity index (χ4n) is 1.86. The van der Waals surface area contributed by atoms with Crippen molar-refractivity contribution in [1.29, 1.82) is 0 Å². The zero-order valence-electron chi connectivity index (χ0n) is 10.6. The second kappa shape index (κ2) is 5.48. The molecule has 3 aromatic rings. The summed E-state index contributed by atoms with van der Waals surface area (Å²) in [4.78, 5) is 8.47. The largest absolute Gasteiger partial charge is 0.324 e. The molecule has 0 spiro atoms. The van der Waals surface area contributed by atoms with E-state index in [9.17, 15) is 4.39 Å². The molecule has 4 heteroatoms. The van der Waals surface area contributed by atoms with Gasteiger partial charge in [-0.3, -0.25) is 0 Å². The van der Waals surface area contributed by atoms with Crippen molar-refractivity contribution < 1.29 is 4.39 Å². The molecule has 0 aliphatic carbocycles. The molecule has 0 bridgehead atoms. The zero-order valence-corrected chi connectivity index (χ0v) is 10.6. The molecule has 0 amide bonds. The summed E-state index contributed by atoms with van der Waals surface area (Å²) in [5.74, 6) is 0.241. The van der Waals surface area contributed by atoms with Crippen LogP contribution in [0.3, 0.4) is 0 Å². The second-order valence-electron chi connectivity index (χ2n) is 4.30. The Morgan fingerprint density at radius 3 is 2.25 bits per heavy atom. The van der Waals surface area contributed by atoms with E-state index >= 15 is 0 Å². The van der Waals surface area contributed by atoms with E-state index in [-0.39, 0.29) is 5.82 Å². The highest BCUT2D eigenvalue weighted by Gasteiger charge is 2.02. The van der Waals surface area contributed by atoms with Gasteiger partial charge in [-0.2, -0.15) is 0 Å². The Morgan fingerprint density at radius 2 is 1.55 bits per heavy atom. The number of para-hydroxylation sites is 1. The summed E-state index contributed by atoms with van der Waals surface area (Å²) in [6, 6.07) is 16.0. The molecular formula is C16H12FN3. The van der Waals surface area contributed by atoms with Crippen molar-refractivity contribution in [2.45, 2.75) is 0 Å². The molecule has 1 heterocycles. The Balaban J connectivity index is 1.81. The molecule has 3 nitrogen and oxygen atoms in total. The van der Waals surface area contributed by atoms with Crippen molar-refractivity contribution in [2.24, 2.45) is 0 Å². The molecule has 0 atom stereocenters. The standard InChI is InChI=1S/C16H12FN3/c17-14-6-4-5-12(9-14)13-10-18-16(19-11-13)20-15-7-2-1-3-8-15/h1-11H,(H,18,19,20). The van der Waals surface area contributed by atoms with Gasteiger partial charge in [-0.25, -0.2) is 14.4 Å². The normalized spacial score (nSPS) is 10.2. The van der Waals surface area contributed by atoms with Gasteiger partial charge in [-0.1, -0.05) is 30.3 Å². The van der Waals surface area contributed by atoms with Crippen molar-refractivity contribution in [3.05, 3.63) is 72.8 Å². The van der Waals surface area contributed by atoms with Crippen molar-refractivity contribution in [3.63, 3.8) is 0 Å². The molecular weight excluding hydrogens is 253 g/mol. The number of aromatic nitrogens is 2. The van der Waals surface area contributed by atoms with Gasteiger partial charge in [-0.05, 0) is 29.8 Å². The first-order valence-electron chi connectivity index (χ1n) is 6.21. The maximum Gasteiger partial charge on any atom is 0.227 e. The molecule has 20 heavy (non-hydrogen) atoms. The van der Waals surface area contributed by atoms with Gasteiger partial charge in [-0.15, -0.1) is 0 Å². The van der Waals surface area contributed by atoms with Crippen LogP contribution in [0.15, 0.2) is 67.0 Å². The average molecular weight is 265 g/mol. The van der Waals surface area contributed by atoms with E-state index < -0.39 is 0 Å². The molecule has 3 rings (SSSR count). The van der Waals surface area contributed by atoms with Crippen LogP contribution >= 0.6 is 0 Å². The zero-order chi connectivity index (χ0) is 13.8. The van der Waals surface area contributed by atoms with Gasteiger partial charge in [0.25, 0.3) is 0 Å². The highest BCUT2D eigenvalue weighted by molar-refractivity contribution is 5.62. The van der Waals surface area contributed by atoms with Crippen molar-refractivity contribution >= 4 is 11.6 Å². The van der Waals surface area contributed by atoms with Crippen LogP contribution < -0.4 is 5.32 Å². The van der Waals surface area contributed by atoms with E-state index in [1.165, 1.54) is 12.1 Å².